The van der Waals surface area contributed by atoms with Crippen LogP contribution in [0.5, 0.6) is 0 Å². The molecular weight excluding hydrogens is 526 g/mol. The Morgan fingerprint density at radius 2 is 1.95 bits per heavy atom. The number of carbonyl (C=O) groups is 3. The second-order valence-electron chi connectivity index (χ2n) is 10.3. The van der Waals surface area contributed by atoms with E-state index in [9.17, 15) is 19.5 Å². The molecule has 0 aliphatic carbocycles. The molecule has 3 atom stereocenters. The molecular formula is C30H33N5O6. The van der Waals surface area contributed by atoms with E-state index in [1.54, 1.807) is 34.0 Å². The fourth-order valence-electron chi connectivity index (χ4n) is 5.31. The lowest BCUT2D eigenvalue weighted by Crippen LogP contribution is -2.54. The molecule has 2 aromatic carbocycles. The molecule has 11 nitrogen and oxygen atoms in total. The van der Waals surface area contributed by atoms with E-state index in [4.69, 9.17) is 9.84 Å². The number of allylic oxidation sites excluding steroid dienone is 1. The van der Waals surface area contributed by atoms with Crippen LogP contribution in [0.15, 0.2) is 66.9 Å². The first kappa shape index (κ1) is 28.2. The van der Waals surface area contributed by atoms with Gasteiger partial charge in [0.15, 0.2) is 11.8 Å². The van der Waals surface area contributed by atoms with Crippen LogP contribution in [0.4, 0.5) is 11.4 Å². The number of rotatable bonds is 11. The van der Waals surface area contributed by atoms with Gasteiger partial charge in [-0.1, -0.05) is 54.6 Å². The molecule has 2 amide bonds. The van der Waals surface area contributed by atoms with E-state index in [-0.39, 0.29) is 25.5 Å². The lowest BCUT2D eigenvalue weighted by atomic mass is 9.83. The van der Waals surface area contributed by atoms with Crippen LogP contribution in [0.2, 0.25) is 0 Å². The zero-order valence-corrected chi connectivity index (χ0v) is 23.0. The molecule has 41 heavy (non-hydrogen) atoms. The van der Waals surface area contributed by atoms with Gasteiger partial charge in [-0.15, -0.1) is 5.10 Å². The predicted octanol–water partition coefficient (Wildman–Crippen LogP) is 2.46. The van der Waals surface area contributed by atoms with Crippen LogP contribution in [-0.2, 0) is 44.2 Å². The minimum Gasteiger partial charge on any atom is -0.441 e. The molecule has 5 rings (SSSR count). The van der Waals surface area contributed by atoms with Gasteiger partial charge in [0.1, 0.15) is 0 Å². The minimum absolute atomic E-state index is 0.0181. The highest BCUT2D eigenvalue weighted by atomic mass is 16.6. The van der Waals surface area contributed by atoms with E-state index in [1.165, 1.54) is 11.8 Å². The molecule has 214 valence electrons. The first-order chi connectivity index (χ1) is 19.7. The number of β-lactam (4-membered cyclic amide) rings is 1. The van der Waals surface area contributed by atoms with Crippen molar-refractivity contribution in [3.8, 4) is 0 Å². The van der Waals surface area contributed by atoms with Gasteiger partial charge in [0.25, 0.3) is 5.91 Å². The van der Waals surface area contributed by atoms with Gasteiger partial charge >= 0.3 is 5.97 Å². The number of anilines is 2. The summed E-state index contributed by atoms with van der Waals surface area (Å²) in [5, 5.41) is 28.9. The quantitative estimate of drug-likeness (QED) is 0.208. The highest BCUT2D eigenvalue weighted by molar-refractivity contribution is 6.07. The van der Waals surface area contributed by atoms with Crippen LogP contribution in [0.3, 0.4) is 0 Å². The standard InChI is InChI=1S/C30H33N5O6/c1-20(7-5-6-15-33-19-23(14-16-36)31-32-33)30(40)25-8-3-4-9-26(25)34(29(30)39)18-22-10-12-24(13-11-22)35-27(38)17-28(35)41-21(2)37/h3-5,7-13,19-20,28,36,40H,6,14-18H2,1-2H3/b7-5+/t20-,28?,30+/m0/s1. The molecule has 1 saturated heterocycles. The summed E-state index contributed by atoms with van der Waals surface area (Å²) in [6.07, 6.45) is 6.19. The van der Waals surface area contributed by atoms with Gasteiger partial charge in [0, 0.05) is 49.9 Å². The number of aryl methyl sites for hydroxylation is 1. The number of esters is 1. The predicted molar refractivity (Wildman–Crippen MR) is 149 cm³/mol. The Balaban J connectivity index is 1.27. The number of hydrogen-bond acceptors (Lipinski definition) is 8. The van der Waals surface area contributed by atoms with Crippen LogP contribution >= 0.6 is 0 Å². The van der Waals surface area contributed by atoms with Crippen molar-refractivity contribution in [2.45, 2.75) is 58.0 Å². The number of benzene rings is 2. The normalized spacial score (nSPS) is 20.8. The SMILES string of the molecule is CC(=O)OC1CC(=O)N1c1ccc(CN2C(=O)[C@@](O)([C@@H](C)/C=C/CCn3cc(CCO)nn3)c3ccccc32)cc1. The van der Waals surface area contributed by atoms with Crippen molar-refractivity contribution in [1.29, 1.82) is 0 Å². The maximum Gasteiger partial charge on any atom is 0.304 e. The number of aliphatic hydroxyl groups is 2. The number of amides is 2. The van der Waals surface area contributed by atoms with Crippen LogP contribution in [0.1, 0.15) is 43.5 Å². The fourth-order valence-corrected chi connectivity index (χ4v) is 5.31. The maximum absolute atomic E-state index is 13.8. The number of carbonyl (C=O) groups excluding carboxylic acids is 3. The van der Waals surface area contributed by atoms with Crippen LogP contribution in [-0.4, -0.2) is 55.8 Å². The van der Waals surface area contributed by atoms with Gasteiger partial charge in [0.2, 0.25) is 5.91 Å². The molecule has 0 radical (unpaired) electrons. The summed E-state index contributed by atoms with van der Waals surface area (Å²) in [5.74, 6) is -1.49. The number of aromatic nitrogens is 3. The van der Waals surface area contributed by atoms with E-state index in [0.29, 0.717) is 36.3 Å². The molecule has 2 N–H and O–H groups in total. The van der Waals surface area contributed by atoms with Gasteiger partial charge in [-0.25, -0.2) is 0 Å². The van der Waals surface area contributed by atoms with E-state index >= 15 is 0 Å². The van der Waals surface area contributed by atoms with Gasteiger partial charge in [-0.05, 0) is 30.2 Å². The zero-order chi connectivity index (χ0) is 29.1. The largest absolute Gasteiger partial charge is 0.441 e. The summed E-state index contributed by atoms with van der Waals surface area (Å²) in [4.78, 5) is 40.2. The van der Waals surface area contributed by atoms with Gasteiger partial charge in [-0.2, -0.15) is 0 Å². The summed E-state index contributed by atoms with van der Waals surface area (Å²) < 4.78 is 6.89. The third-order valence-electron chi connectivity index (χ3n) is 7.50. The Kier molecular flexibility index (Phi) is 8.00. The molecule has 2 aliphatic heterocycles. The number of aliphatic hydroxyl groups excluding tert-OH is 1. The summed E-state index contributed by atoms with van der Waals surface area (Å²) >= 11 is 0. The Labute approximate surface area is 237 Å². The van der Waals surface area contributed by atoms with Crippen molar-refractivity contribution in [3.63, 3.8) is 0 Å². The fraction of sp³-hybridized carbons (Fsp3) is 0.367. The monoisotopic (exact) mass is 559 g/mol. The van der Waals surface area contributed by atoms with Gasteiger partial charge in [0.05, 0.1) is 24.3 Å². The van der Waals surface area contributed by atoms with Crippen molar-refractivity contribution in [2.75, 3.05) is 16.4 Å². The van der Waals surface area contributed by atoms with Crippen LogP contribution in [0.25, 0.3) is 0 Å². The molecule has 3 aromatic rings. The lowest BCUT2D eigenvalue weighted by Gasteiger charge is -2.39. The van der Waals surface area contributed by atoms with Gasteiger partial charge in [-0.3, -0.25) is 24.0 Å². The Morgan fingerprint density at radius 3 is 2.66 bits per heavy atom. The highest BCUT2D eigenvalue weighted by Gasteiger charge is 2.52. The summed E-state index contributed by atoms with van der Waals surface area (Å²) in [5.41, 5.74) is 1.62. The van der Waals surface area contributed by atoms with Crippen molar-refractivity contribution >= 4 is 29.2 Å². The first-order valence-corrected chi connectivity index (χ1v) is 13.6. The number of nitrogens with zero attached hydrogens (tertiary/aromatic N) is 5. The number of ether oxygens (including phenoxy) is 1. The van der Waals surface area contributed by atoms with Crippen molar-refractivity contribution in [1.82, 2.24) is 15.0 Å². The topological polar surface area (TPSA) is 138 Å². The number of para-hydroxylation sites is 1. The molecule has 1 aromatic heterocycles. The third-order valence-corrected chi connectivity index (χ3v) is 7.50. The lowest BCUT2D eigenvalue weighted by molar-refractivity contribution is -0.153. The third kappa shape index (κ3) is 5.50. The molecule has 1 fully saturated rings. The number of fused-ring (bicyclic) bond motifs is 1. The van der Waals surface area contributed by atoms with Crippen molar-refractivity contribution < 1.29 is 29.3 Å². The molecule has 3 heterocycles. The summed E-state index contributed by atoms with van der Waals surface area (Å²) in [6.45, 7) is 3.96. The average molecular weight is 560 g/mol. The zero-order valence-electron chi connectivity index (χ0n) is 23.0. The van der Waals surface area contributed by atoms with Crippen LogP contribution in [0, 0.1) is 5.92 Å². The van der Waals surface area contributed by atoms with E-state index in [2.05, 4.69) is 10.3 Å². The molecule has 0 saturated carbocycles. The van der Waals surface area contributed by atoms with Crippen LogP contribution < -0.4 is 9.80 Å². The average Bonchev–Trinajstić information content (AvgIpc) is 3.48. The molecule has 11 heteroatoms. The summed E-state index contributed by atoms with van der Waals surface area (Å²) in [7, 11) is 0. The second-order valence-corrected chi connectivity index (χ2v) is 10.3. The molecule has 0 bridgehead atoms. The molecule has 0 spiro atoms. The minimum atomic E-state index is -1.73. The van der Waals surface area contributed by atoms with Crippen molar-refractivity contribution in [2.24, 2.45) is 5.92 Å². The Morgan fingerprint density at radius 1 is 1.20 bits per heavy atom. The van der Waals surface area contributed by atoms with E-state index in [1.807, 2.05) is 49.4 Å². The Bertz CT molecular complexity index is 1470. The second kappa shape index (κ2) is 11.6. The first-order valence-electron chi connectivity index (χ1n) is 13.6. The number of hydrogen-bond donors (Lipinski definition) is 2. The maximum atomic E-state index is 13.8. The smallest absolute Gasteiger partial charge is 0.304 e. The van der Waals surface area contributed by atoms with Gasteiger partial charge < -0.3 is 19.8 Å². The molecule has 1 unspecified atom stereocenters. The van der Waals surface area contributed by atoms with E-state index < -0.39 is 29.6 Å². The highest BCUT2D eigenvalue weighted by Crippen LogP contribution is 2.45. The Hall–Kier alpha value is -4.35. The van der Waals surface area contributed by atoms with E-state index in [0.717, 1.165) is 11.3 Å². The van der Waals surface area contributed by atoms with Crippen molar-refractivity contribution in [3.05, 3.63) is 83.7 Å². The summed E-state index contributed by atoms with van der Waals surface area (Å²) in [6, 6.07) is 14.4. The molecule has 2 aliphatic rings.